The van der Waals surface area contributed by atoms with Crippen molar-refractivity contribution in [3.63, 3.8) is 0 Å². The van der Waals surface area contributed by atoms with Gasteiger partial charge in [-0.05, 0) is 117 Å². The topological polar surface area (TPSA) is 375 Å². The Morgan fingerprint density at radius 3 is 1.09 bits per heavy atom. The van der Waals surface area contributed by atoms with Crippen LogP contribution < -0.4 is 34.4 Å². The normalized spacial score (nSPS) is 16.7. The van der Waals surface area contributed by atoms with Crippen LogP contribution in [0.5, 0.6) is 0 Å². The van der Waals surface area contributed by atoms with Crippen LogP contribution in [0.3, 0.4) is 0 Å². The number of amides is 6. The zero-order valence-electron chi connectivity index (χ0n) is 59.0. The molecule has 36 heteroatoms. The highest BCUT2D eigenvalue weighted by molar-refractivity contribution is 6.05. The van der Waals surface area contributed by atoms with Gasteiger partial charge in [-0.1, -0.05) is 60.9 Å². The summed E-state index contributed by atoms with van der Waals surface area (Å²) in [4.78, 5) is 77.5. The van der Waals surface area contributed by atoms with Crippen LogP contribution in [0.25, 0.3) is 33.8 Å². The molecular formula is C74H72F9N21O6. The van der Waals surface area contributed by atoms with Crippen LogP contribution in [0.4, 0.5) is 57.0 Å². The summed E-state index contributed by atoms with van der Waals surface area (Å²) in [5.41, 5.74) is 36.1. The average molecular weight is 1520 g/mol. The number of nitrogens with zero attached hydrogens (tertiary/aromatic N) is 15. The fraction of sp³-hybridized carbons (Fsp3) is 0.351. The summed E-state index contributed by atoms with van der Waals surface area (Å²) in [5, 5.41) is 26.5. The third kappa shape index (κ3) is 14.9. The minimum atomic E-state index is -4.98. The molecule has 3 aliphatic carbocycles. The molecule has 3 aromatic carbocycles. The number of hydrogen-bond acceptors (Lipinski definition) is 15. The van der Waals surface area contributed by atoms with Gasteiger partial charge in [0.05, 0.1) is 73.0 Å². The number of anilines is 3. The van der Waals surface area contributed by atoms with Gasteiger partial charge in [0.1, 0.15) is 51.2 Å². The van der Waals surface area contributed by atoms with Crippen LogP contribution in [0.1, 0.15) is 135 Å². The van der Waals surface area contributed by atoms with Crippen LogP contribution in [-0.2, 0) is 52.5 Å². The van der Waals surface area contributed by atoms with E-state index in [0.717, 1.165) is 61.2 Å². The number of carbonyl (C=O) groups excluding carboxylic acids is 6. The van der Waals surface area contributed by atoms with E-state index in [9.17, 15) is 68.3 Å². The van der Waals surface area contributed by atoms with Crippen molar-refractivity contribution in [3.05, 3.63) is 173 Å². The maximum Gasteiger partial charge on any atom is 0.416 e. The Kier molecular flexibility index (Phi) is 19.6. The molecule has 6 fully saturated rings. The van der Waals surface area contributed by atoms with Gasteiger partial charge in [0.25, 0.3) is 29.5 Å². The van der Waals surface area contributed by atoms with E-state index >= 15 is 0 Å². The number of halogens is 9. The van der Waals surface area contributed by atoms with E-state index in [-0.39, 0.29) is 116 Å². The molecular weight excluding hydrogens is 1450 g/mol. The molecule has 0 unspecified atom stereocenters. The summed E-state index contributed by atoms with van der Waals surface area (Å²) in [5.74, 6) is 8.06. The summed E-state index contributed by atoms with van der Waals surface area (Å²) < 4.78 is 127. The van der Waals surface area contributed by atoms with E-state index in [2.05, 4.69) is 60.9 Å². The molecule has 3 saturated heterocycles. The molecule has 12 N–H and O–H groups in total. The first-order valence-corrected chi connectivity index (χ1v) is 34.4. The Morgan fingerprint density at radius 1 is 0.464 bits per heavy atom. The average Bonchev–Trinajstić information content (AvgIpc) is 1.57. The van der Waals surface area contributed by atoms with E-state index in [0.29, 0.717) is 85.8 Å². The SMILES string of the molecule is C=CC(=O)N1CC2(CC(n3nc(-c4cnn(Cc5ccccc5)c4)c(C(N)=O)c3N)C2)C1.CC#CC(=O)N1CC2(CC(n3nc(-c4cnn(Cc5cc(C(F)(F)F)cc(C(F)(F)F)c5)c4)c(C(N)=O)c3N)C2)C1.CC#CC(=O)N1CC2(CC(n3nc(-c4cnn(Cc5ccc(C(F)(F)F)cc5)c4)c(C(N)=O)c3N)C2)C1. The summed E-state index contributed by atoms with van der Waals surface area (Å²) >= 11 is 0. The number of hydrogen-bond donors (Lipinski definition) is 6. The Morgan fingerprint density at radius 2 is 0.782 bits per heavy atom. The molecule has 3 aliphatic heterocycles. The standard InChI is InChI=1S/C26H23F6N7O2.C25H24F3N7O2.C23H25N7O2/c1-2-3-19(40)37-12-24(13-37)7-18(8-24)39-22(33)20(23(34)41)21(36-39)15-9-35-38(11-15)10-14-4-16(25(27,28)29)6-17(5-14)26(30,31)32;1-2-3-19(36)33-13-24(14-33)8-18(9-24)35-22(29)20(23(30)37)21(32-35)16-10-31-34(12-16)11-15-4-6-17(7-5-15)25(26,27)28;1-2-18(31)28-13-23(14-28)8-17(9-23)30-21(24)19(22(25)32)20(27-30)16-10-26-29(12-16)11-15-6-4-3-5-7-15/h4-6,9,11,18H,7-8,10,12-13,33H2,1H3,(H2,34,41);4-7,10,12,18H,8-9,11,13-14,29H2,1H3,(H2,30,37);2-7,10,12,17H,1,8-9,11,13-14,24H2,(H2,25,32). The monoisotopic (exact) mass is 1520 g/mol. The Hall–Kier alpha value is -12.6. The van der Waals surface area contributed by atoms with E-state index in [1.165, 1.54) is 46.2 Å². The van der Waals surface area contributed by atoms with Crippen molar-refractivity contribution >= 4 is 52.9 Å². The molecule has 572 valence electrons. The molecule has 3 saturated carbocycles. The maximum atomic E-state index is 13.2. The molecule has 9 aromatic rings. The predicted molar refractivity (Wildman–Crippen MR) is 380 cm³/mol. The Bertz CT molecular complexity index is 5220. The lowest BCUT2D eigenvalue weighted by Gasteiger charge is -2.58. The van der Waals surface area contributed by atoms with Gasteiger partial charge in [-0.15, -0.1) is 0 Å². The molecule has 0 atom stereocenters. The van der Waals surface area contributed by atoms with Crippen molar-refractivity contribution in [3.8, 4) is 57.5 Å². The lowest BCUT2D eigenvalue weighted by molar-refractivity contribution is -0.149. The second-order valence-corrected chi connectivity index (χ2v) is 28.8. The first-order chi connectivity index (χ1) is 52.0. The van der Waals surface area contributed by atoms with Gasteiger partial charge >= 0.3 is 18.5 Å². The number of likely N-dealkylation sites (tertiary alicyclic amines) is 3. The molecule has 15 rings (SSSR count). The van der Waals surface area contributed by atoms with Crippen molar-refractivity contribution in [1.29, 1.82) is 0 Å². The van der Waals surface area contributed by atoms with E-state index < -0.39 is 59.5 Å². The van der Waals surface area contributed by atoms with Gasteiger partial charge in [0.2, 0.25) is 5.91 Å². The summed E-state index contributed by atoms with van der Waals surface area (Å²) in [6, 6.07) is 16.0. The van der Waals surface area contributed by atoms with Crippen molar-refractivity contribution in [1.82, 2.24) is 73.4 Å². The molecule has 3 spiro atoms. The summed E-state index contributed by atoms with van der Waals surface area (Å²) in [7, 11) is 0. The number of benzene rings is 3. The molecule has 6 aromatic heterocycles. The van der Waals surface area contributed by atoms with Gasteiger partial charge in [0.15, 0.2) is 0 Å². The van der Waals surface area contributed by atoms with Crippen LogP contribution in [0.15, 0.2) is 123 Å². The third-order valence-electron chi connectivity index (χ3n) is 20.8. The first kappa shape index (κ1) is 75.6. The highest BCUT2D eigenvalue weighted by Gasteiger charge is 2.57. The van der Waals surface area contributed by atoms with E-state index in [1.807, 2.05) is 36.5 Å². The lowest BCUT2D eigenvalue weighted by Crippen LogP contribution is -2.63. The van der Waals surface area contributed by atoms with Crippen molar-refractivity contribution in [2.45, 2.75) is 109 Å². The lowest BCUT2D eigenvalue weighted by atomic mass is 9.60. The molecule has 27 nitrogen and oxygen atoms in total. The highest BCUT2D eigenvalue weighted by atomic mass is 19.4. The van der Waals surface area contributed by atoms with Gasteiger partial charge < -0.3 is 49.1 Å². The number of aromatic nitrogens is 12. The van der Waals surface area contributed by atoms with Gasteiger partial charge in [-0.3, -0.25) is 42.8 Å². The molecule has 6 aliphatic rings. The van der Waals surface area contributed by atoms with Crippen LogP contribution in [-0.4, -0.2) is 148 Å². The van der Waals surface area contributed by atoms with E-state index in [1.54, 1.807) is 55.0 Å². The summed E-state index contributed by atoms with van der Waals surface area (Å²) in [6.45, 7) is 11.0. The van der Waals surface area contributed by atoms with Gasteiger partial charge in [-0.25, -0.2) is 14.0 Å². The summed E-state index contributed by atoms with van der Waals surface area (Å²) in [6.07, 6.45) is 0.763. The second-order valence-electron chi connectivity index (χ2n) is 28.8. The van der Waals surface area contributed by atoms with Gasteiger partial charge in [0, 0.05) is 90.8 Å². The third-order valence-corrected chi connectivity index (χ3v) is 20.8. The predicted octanol–water partition coefficient (Wildman–Crippen LogP) is 8.21. The molecule has 0 radical (unpaired) electrons. The van der Waals surface area contributed by atoms with Crippen LogP contribution in [0.2, 0.25) is 0 Å². The van der Waals surface area contributed by atoms with Crippen molar-refractivity contribution in [2.24, 2.45) is 33.4 Å². The quantitative estimate of drug-likeness (QED) is 0.0301. The largest absolute Gasteiger partial charge is 0.416 e. The van der Waals surface area contributed by atoms with Crippen LogP contribution >= 0.6 is 0 Å². The van der Waals surface area contributed by atoms with Crippen LogP contribution in [0, 0.1) is 39.9 Å². The molecule has 110 heavy (non-hydrogen) atoms. The number of nitrogens with two attached hydrogens (primary N) is 6. The van der Waals surface area contributed by atoms with Crippen molar-refractivity contribution in [2.75, 3.05) is 56.5 Å². The Labute approximate surface area is 620 Å². The number of alkyl halides is 9. The minimum absolute atomic E-state index is 0.00767. The maximum absolute atomic E-state index is 13.2. The molecule has 9 heterocycles. The minimum Gasteiger partial charge on any atom is -0.383 e. The second kappa shape index (κ2) is 28.5. The van der Waals surface area contributed by atoms with Crippen molar-refractivity contribution < 1.29 is 68.3 Å². The zero-order chi connectivity index (χ0) is 78.9. The van der Waals surface area contributed by atoms with Gasteiger partial charge in [-0.2, -0.15) is 70.1 Å². The first-order valence-electron chi connectivity index (χ1n) is 34.4. The smallest absolute Gasteiger partial charge is 0.383 e. The van der Waals surface area contributed by atoms with E-state index in [4.69, 9.17) is 34.4 Å². The number of primary amides is 3. The number of rotatable bonds is 16. The fourth-order valence-corrected chi connectivity index (χ4v) is 15.6. The molecule has 0 bridgehead atoms. The fourth-order valence-electron chi connectivity index (χ4n) is 15.6. The number of nitrogen functional groups attached to an aromatic ring is 3. The Balaban J connectivity index is 0.000000146. The molecule has 6 amide bonds. The zero-order valence-corrected chi connectivity index (χ0v) is 59.0. The highest BCUT2D eigenvalue weighted by Crippen LogP contribution is 2.58. The number of carbonyl (C=O) groups is 6.